The summed E-state index contributed by atoms with van der Waals surface area (Å²) >= 11 is 0.800. The van der Waals surface area contributed by atoms with E-state index < -0.39 is 16.7 Å². The zero-order valence-electron chi connectivity index (χ0n) is 13.7. The number of aromatic nitrogens is 4. The summed E-state index contributed by atoms with van der Waals surface area (Å²) in [4.78, 5) is 22.8. The van der Waals surface area contributed by atoms with Crippen molar-refractivity contribution in [2.75, 3.05) is 0 Å². The molecule has 0 spiro atoms. The lowest BCUT2D eigenvalue weighted by atomic mass is 10.1. The highest BCUT2D eigenvalue weighted by Crippen LogP contribution is 2.26. The van der Waals surface area contributed by atoms with Gasteiger partial charge in [-0.15, -0.1) is 10.2 Å². The van der Waals surface area contributed by atoms with Gasteiger partial charge >= 0.3 is 5.97 Å². The van der Waals surface area contributed by atoms with Gasteiger partial charge in [0.05, 0.1) is 22.2 Å². The molecule has 2 aromatic carbocycles. The summed E-state index contributed by atoms with van der Waals surface area (Å²) in [6, 6.07) is 7.99. The van der Waals surface area contributed by atoms with Crippen LogP contribution in [0.4, 0.5) is 10.1 Å². The first-order chi connectivity index (χ1) is 13.5. The number of ether oxygens (including phenoxy) is 1. The molecule has 0 saturated carbocycles. The lowest BCUT2D eigenvalue weighted by molar-refractivity contribution is -0.383. The molecule has 0 aliphatic rings. The zero-order chi connectivity index (χ0) is 19.7. The minimum Gasteiger partial charge on any atom is -0.452 e. The maximum atomic E-state index is 13.3. The number of nitro benzene ring substituents is 1. The molecule has 0 bridgehead atoms. The van der Waals surface area contributed by atoms with E-state index in [4.69, 9.17) is 9.15 Å². The molecule has 0 aliphatic heterocycles. The fraction of sp³-hybridized carbons (Fsp3) is 0.0625. The summed E-state index contributed by atoms with van der Waals surface area (Å²) in [6.07, 6.45) is 0. The number of rotatable bonds is 5. The van der Waals surface area contributed by atoms with Gasteiger partial charge in [-0.3, -0.25) is 10.1 Å². The molecule has 4 aromatic rings. The normalized spacial score (nSPS) is 10.9. The van der Waals surface area contributed by atoms with Crippen LogP contribution in [0.3, 0.4) is 0 Å². The van der Waals surface area contributed by atoms with Crippen LogP contribution in [0, 0.1) is 15.9 Å². The van der Waals surface area contributed by atoms with Crippen molar-refractivity contribution in [2.24, 2.45) is 0 Å². The standard InChI is InChI=1S/C16H8FN5O5S/c17-10-3-1-2-8(4-10)15-19-18-13(27-15)7-26-16(23)9-5-11-14(21-28-20-11)12(6-9)22(24)25/h1-6H,7H2. The number of hydrogen-bond donors (Lipinski definition) is 0. The van der Waals surface area contributed by atoms with Crippen molar-refractivity contribution in [3.63, 3.8) is 0 Å². The Balaban J connectivity index is 1.51. The molecule has 0 amide bonds. The molecule has 10 nitrogen and oxygen atoms in total. The highest BCUT2D eigenvalue weighted by molar-refractivity contribution is 7.00. The van der Waals surface area contributed by atoms with E-state index >= 15 is 0 Å². The smallest absolute Gasteiger partial charge is 0.338 e. The number of esters is 1. The van der Waals surface area contributed by atoms with Gasteiger partial charge in [-0.2, -0.15) is 8.75 Å². The van der Waals surface area contributed by atoms with Crippen LogP contribution in [0.1, 0.15) is 16.2 Å². The molecule has 2 aromatic heterocycles. The first-order valence-electron chi connectivity index (χ1n) is 7.67. The first-order valence-corrected chi connectivity index (χ1v) is 8.40. The Hall–Kier alpha value is -3.80. The van der Waals surface area contributed by atoms with Gasteiger partial charge in [-0.25, -0.2) is 9.18 Å². The number of hydrogen-bond acceptors (Lipinski definition) is 10. The van der Waals surface area contributed by atoms with Gasteiger partial charge in [-0.1, -0.05) is 6.07 Å². The second kappa shape index (κ2) is 7.08. The number of benzene rings is 2. The number of nitro groups is 1. The summed E-state index contributed by atoms with van der Waals surface area (Å²) < 4.78 is 31.4. The van der Waals surface area contributed by atoms with Crippen LogP contribution in [-0.2, 0) is 11.3 Å². The van der Waals surface area contributed by atoms with Gasteiger partial charge in [0.1, 0.15) is 11.3 Å². The molecule has 2 heterocycles. The molecule has 4 rings (SSSR count). The van der Waals surface area contributed by atoms with Crippen molar-refractivity contribution in [2.45, 2.75) is 6.61 Å². The highest BCUT2D eigenvalue weighted by atomic mass is 32.1. The minimum absolute atomic E-state index is 0.0153. The fourth-order valence-electron chi connectivity index (χ4n) is 2.39. The fourth-order valence-corrected chi connectivity index (χ4v) is 2.93. The largest absolute Gasteiger partial charge is 0.452 e. The summed E-state index contributed by atoms with van der Waals surface area (Å²) in [7, 11) is 0. The van der Waals surface area contributed by atoms with E-state index in [2.05, 4.69) is 18.9 Å². The Labute approximate surface area is 159 Å². The quantitative estimate of drug-likeness (QED) is 0.281. The van der Waals surface area contributed by atoms with Crippen LogP contribution in [0.2, 0.25) is 0 Å². The lowest BCUT2D eigenvalue weighted by Crippen LogP contribution is -2.06. The van der Waals surface area contributed by atoms with Gasteiger partial charge in [0, 0.05) is 11.6 Å². The number of fused-ring (bicyclic) bond motifs is 1. The van der Waals surface area contributed by atoms with Crippen LogP contribution in [0.15, 0.2) is 40.8 Å². The third kappa shape index (κ3) is 3.40. The van der Waals surface area contributed by atoms with Crippen LogP contribution in [0.25, 0.3) is 22.5 Å². The molecular formula is C16H8FN5O5S. The predicted molar refractivity (Wildman–Crippen MR) is 92.9 cm³/mol. The molecule has 0 unspecified atom stereocenters. The van der Waals surface area contributed by atoms with E-state index in [0.717, 1.165) is 17.8 Å². The second-order valence-corrected chi connectivity index (χ2v) is 6.00. The molecule has 0 aliphatic carbocycles. The van der Waals surface area contributed by atoms with Gasteiger partial charge in [0.2, 0.25) is 5.89 Å². The van der Waals surface area contributed by atoms with Crippen LogP contribution in [0.5, 0.6) is 0 Å². The SMILES string of the molecule is O=C(OCc1nnc(-c2cccc(F)c2)o1)c1cc([N+](=O)[O-])c2nsnc2c1. The van der Waals surface area contributed by atoms with Gasteiger partial charge in [-0.05, 0) is 24.3 Å². The minimum atomic E-state index is -0.830. The molecule has 0 fully saturated rings. The Morgan fingerprint density at radius 2 is 2.11 bits per heavy atom. The van der Waals surface area contributed by atoms with Crippen molar-refractivity contribution in [1.82, 2.24) is 18.9 Å². The van der Waals surface area contributed by atoms with E-state index in [-0.39, 0.29) is 40.7 Å². The van der Waals surface area contributed by atoms with Crippen molar-refractivity contribution < 1.29 is 23.3 Å². The van der Waals surface area contributed by atoms with Crippen LogP contribution >= 0.6 is 11.7 Å². The molecule has 140 valence electrons. The highest BCUT2D eigenvalue weighted by Gasteiger charge is 2.21. The Kier molecular flexibility index (Phi) is 4.45. The van der Waals surface area contributed by atoms with E-state index in [0.29, 0.717) is 5.56 Å². The zero-order valence-corrected chi connectivity index (χ0v) is 14.6. The number of halogens is 1. The number of non-ortho nitro benzene ring substituents is 1. The molecular weight excluding hydrogens is 393 g/mol. The summed E-state index contributed by atoms with van der Waals surface area (Å²) in [5.74, 6) is -1.24. The molecule has 0 N–H and O–H groups in total. The maximum absolute atomic E-state index is 13.3. The van der Waals surface area contributed by atoms with Crippen LogP contribution < -0.4 is 0 Å². The van der Waals surface area contributed by atoms with Crippen molar-refractivity contribution in [3.05, 3.63) is 63.8 Å². The Morgan fingerprint density at radius 1 is 1.25 bits per heavy atom. The lowest BCUT2D eigenvalue weighted by Gasteiger charge is -2.02. The van der Waals surface area contributed by atoms with Crippen LogP contribution in [-0.4, -0.2) is 29.8 Å². The molecule has 0 atom stereocenters. The monoisotopic (exact) mass is 401 g/mol. The summed E-state index contributed by atoms with van der Waals surface area (Å²) in [6.45, 7) is -0.359. The average Bonchev–Trinajstić information content (AvgIpc) is 3.34. The second-order valence-electron chi connectivity index (χ2n) is 5.47. The summed E-state index contributed by atoms with van der Waals surface area (Å²) in [5, 5.41) is 18.7. The van der Waals surface area contributed by atoms with Gasteiger partial charge in [0.25, 0.3) is 11.6 Å². The van der Waals surface area contributed by atoms with Gasteiger partial charge in [0.15, 0.2) is 12.1 Å². The summed E-state index contributed by atoms with van der Waals surface area (Å²) in [5.41, 5.74) is 0.295. The van der Waals surface area contributed by atoms with E-state index in [1.54, 1.807) is 6.07 Å². The average molecular weight is 401 g/mol. The van der Waals surface area contributed by atoms with E-state index in [1.165, 1.54) is 24.3 Å². The number of carbonyl (C=O) groups excluding carboxylic acids is 1. The topological polar surface area (TPSA) is 134 Å². The Bertz CT molecular complexity index is 1210. The molecule has 28 heavy (non-hydrogen) atoms. The van der Waals surface area contributed by atoms with E-state index in [9.17, 15) is 19.3 Å². The number of carbonyl (C=O) groups is 1. The Morgan fingerprint density at radius 3 is 2.89 bits per heavy atom. The predicted octanol–water partition coefficient (Wildman–Crippen LogP) is 3.15. The maximum Gasteiger partial charge on any atom is 0.338 e. The third-order valence-electron chi connectivity index (χ3n) is 3.64. The molecule has 12 heteroatoms. The van der Waals surface area contributed by atoms with Gasteiger partial charge < -0.3 is 9.15 Å². The molecule has 0 radical (unpaired) electrons. The van der Waals surface area contributed by atoms with Crippen molar-refractivity contribution in [1.29, 1.82) is 0 Å². The van der Waals surface area contributed by atoms with E-state index in [1.807, 2.05) is 0 Å². The van der Waals surface area contributed by atoms with Crippen molar-refractivity contribution in [3.8, 4) is 11.5 Å². The third-order valence-corrected chi connectivity index (χ3v) is 4.18. The first kappa shape index (κ1) is 17.6. The van der Waals surface area contributed by atoms with Crippen molar-refractivity contribution >= 4 is 34.4 Å². The molecule has 0 saturated heterocycles. The number of nitrogens with zero attached hydrogens (tertiary/aromatic N) is 5.